The third-order valence-corrected chi connectivity index (χ3v) is 4.19. The van der Waals surface area contributed by atoms with Crippen LogP contribution < -0.4 is 10.2 Å². The quantitative estimate of drug-likeness (QED) is 0.730. The molecule has 1 fully saturated rings. The van der Waals surface area contributed by atoms with E-state index < -0.39 is 6.09 Å². The molecule has 1 aliphatic heterocycles. The molecular formula is C14H13BrN6O2. The summed E-state index contributed by atoms with van der Waals surface area (Å²) in [6, 6.07) is 3.91. The van der Waals surface area contributed by atoms with Crippen molar-refractivity contribution in [3.63, 3.8) is 0 Å². The van der Waals surface area contributed by atoms with Gasteiger partial charge in [-0.25, -0.2) is 9.78 Å². The van der Waals surface area contributed by atoms with Gasteiger partial charge in [-0.05, 0) is 28.1 Å². The predicted molar refractivity (Wildman–Crippen MR) is 87.5 cm³/mol. The fourth-order valence-corrected chi connectivity index (χ4v) is 2.94. The Labute approximate surface area is 139 Å². The standard InChI is InChI=1S/C14H13BrN6O2/c1-16-14(22)23-9-6-20(7-9)13-19-12-10(4-8(15)5-17-12)11-2-3-18-21(11)13/h2-5,9H,6-7H2,1H3,(H,16,22). The first kappa shape index (κ1) is 14.2. The van der Waals surface area contributed by atoms with Crippen molar-refractivity contribution in [1.29, 1.82) is 0 Å². The number of anilines is 1. The lowest BCUT2D eigenvalue weighted by molar-refractivity contribution is 0.0818. The third kappa shape index (κ3) is 2.37. The first-order valence-corrected chi connectivity index (χ1v) is 7.87. The smallest absolute Gasteiger partial charge is 0.407 e. The molecule has 23 heavy (non-hydrogen) atoms. The first-order valence-electron chi connectivity index (χ1n) is 7.08. The molecule has 118 valence electrons. The van der Waals surface area contributed by atoms with E-state index in [4.69, 9.17) is 4.74 Å². The summed E-state index contributed by atoms with van der Waals surface area (Å²) < 4.78 is 7.89. The zero-order valence-electron chi connectivity index (χ0n) is 12.2. The summed E-state index contributed by atoms with van der Waals surface area (Å²) in [6.45, 7) is 1.16. The van der Waals surface area contributed by atoms with Crippen molar-refractivity contribution in [3.05, 3.63) is 29.0 Å². The molecule has 3 aromatic rings. The molecule has 8 nitrogen and oxygen atoms in total. The fourth-order valence-electron chi connectivity index (χ4n) is 2.61. The highest BCUT2D eigenvalue weighted by molar-refractivity contribution is 9.10. The molecule has 0 aromatic carbocycles. The van der Waals surface area contributed by atoms with Crippen LogP contribution in [0.15, 0.2) is 29.0 Å². The highest BCUT2D eigenvalue weighted by atomic mass is 79.9. The second-order valence-corrected chi connectivity index (χ2v) is 6.16. The van der Waals surface area contributed by atoms with E-state index >= 15 is 0 Å². The summed E-state index contributed by atoms with van der Waals surface area (Å²) in [5, 5.41) is 7.73. The van der Waals surface area contributed by atoms with Gasteiger partial charge in [0.1, 0.15) is 6.10 Å². The Morgan fingerprint density at radius 3 is 3.09 bits per heavy atom. The lowest BCUT2D eigenvalue weighted by Crippen LogP contribution is -2.54. The molecule has 3 aromatic heterocycles. The molecule has 0 bridgehead atoms. The van der Waals surface area contributed by atoms with Crippen LogP contribution in [0.25, 0.3) is 16.6 Å². The normalized spacial score (nSPS) is 15.0. The van der Waals surface area contributed by atoms with E-state index in [2.05, 4.69) is 36.3 Å². The molecule has 0 aliphatic carbocycles. The topological polar surface area (TPSA) is 84.6 Å². The Kier molecular flexibility index (Phi) is 3.29. The number of amides is 1. The van der Waals surface area contributed by atoms with Crippen molar-refractivity contribution in [1.82, 2.24) is 24.9 Å². The molecular weight excluding hydrogens is 364 g/mol. The summed E-state index contributed by atoms with van der Waals surface area (Å²) in [5.41, 5.74) is 1.60. The molecule has 0 atom stereocenters. The van der Waals surface area contributed by atoms with Crippen molar-refractivity contribution < 1.29 is 9.53 Å². The van der Waals surface area contributed by atoms with Gasteiger partial charge in [-0.15, -0.1) is 0 Å². The fraction of sp³-hybridized carbons (Fsp3) is 0.286. The molecule has 1 saturated heterocycles. The molecule has 0 spiro atoms. The summed E-state index contributed by atoms with van der Waals surface area (Å²) in [5.74, 6) is 0.698. The Bertz CT molecular complexity index is 905. The van der Waals surface area contributed by atoms with Crippen LogP contribution in [0.1, 0.15) is 0 Å². The second kappa shape index (κ2) is 5.34. The Morgan fingerprint density at radius 2 is 2.30 bits per heavy atom. The van der Waals surface area contributed by atoms with Gasteiger partial charge < -0.3 is 15.0 Å². The van der Waals surface area contributed by atoms with E-state index in [1.165, 1.54) is 0 Å². The van der Waals surface area contributed by atoms with Crippen LogP contribution >= 0.6 is 15.9 Å². The zero-order valence-corrected chi connectivity index (χ0v) is 13.8. The van der Waals surface area contributed by atoms with E-state index in [-0.39, 0.29) is 6.10 Å². The maximum atomic E-state index is 11.2. The summed E-state index contributed by atoms with van der Waals surface area (Å²) in [4.78, 5) is 22.2. The SMILES string of the molecule is CNC(=O)OC1CN(c2nc3ncc(Br)cc3c3ccnn23)C1. The van der Waals surface area contributed by atoms with Crippen LogP contribution in [0.3, 0.4) is 0 Å². The number of nitrogens with one attached hydrogen (secondary N) is 1. The molecule has 4 rings (SSSR count). The molecule has 0 saturated carbocycles. The van der Waals surface area contributed by atoms with Crippen LogP contribution in [0.5, 0.6) is 0 Å². The number of nitrogens with zero attached hydrogens (tertiary/aromatic N) is 5. The molecule has 0 radical (unpaired) electrons. The summed E-state index contributed by atoms with van der Waals surface area (Å²) in [7, 11) is 1.54. The van der Waals surface area contributed by atoms with Gasteiger partial charge in [0, 0.05) is 23.1 Å². The molecule has 4 heterocycles. The van der Waals surface area contributed by atoms with Gasteiger partial charge in [0.05, 0.1) is 24.8 Å². The molecule has 1 amide bonds. The van der Waals surface area contributed by atoms with Crippen molar-refractivity contribution >= 4 is 44.5 Å². The van der Waals surface area contributed by atoms with Gasteiger partial charge in [0.2, 0.25) is 5.95 Å². The lowest BCUT2D eigenvalue weighted by atomic mass is 10.2. The number of aromatic nitrogens is 4. The molecule has 1 N–H and O–H groups in total. The van der Waals surface area contributed by atoms with Crippen LogP contribution in [-0.4, -0.2) is 51.9 Å². The Balaban J connectivity index is 1.69. The number of fused-ring (bicyclic) bond motifs is 3. The van der Waals surface area contributed by atoms with Crippen molar-refractivity contribution in [2.24, 2.45) is 0 Å². The predicted octanol–water partition coefficient (Wildman–Crippen LogP) is 1.58. The van der Waals surface area contributed by atoms with E-state index in [1.54, 1.807) is 24.0 Å². The number of pyridine rings is 1. The first-order chi connectivity index (χ1) is 11.2. The maximum absolute atomic E-state index is 11.2. The van der Waals surface area contributed by atoms with Crippen molar-refractivity contribution in [2.75, 3.05) is 25.0 Å². The number of hydrogen-bond donors (Lipinski definition) is 1. The van der Waals surface area contributed by atoms with Crippen molar-refractivity contribution in [3.8, 4) is 0 Å². The average molecular weight is 377 g/mol. The highest BCUT2D eigenvalue weighted by Crippen LogP contribution is 2.27. The van der Waals surface area contributed by atoms with E-state index in [0.29, 0.717) is 24.7 Å². The van der Waals surface area contributed by atoms with Crippen LogP contribution in [0.2, 0.25) is 0 Å². The summed E-state index contributed by atoms with van der Waals surface area (Å²) in [6.07, 6.45) is 2.89. The number of hydrogen-bond acceptors (Lipinski definition) is 6. The minimum atomic E-state index is -0.420. The average Bonchev–Trinajstić information content (AvgIpc) is 3.00. The monoisotopic (exact) mass is 376 g/mol. The van der Waals surface area contributed by atoms with Gasteiger partial charge in [-0.1, -0.05) is 0 Å². The van der Waals surface area contributed by atoms with Gasteiger partial charge in [0.25, 0.3) is 0 Å². The minimum Gasteiger partial charge on any atom is -0.442 e. The number of carbonyl (C=O) groups excluding carboxylic acids is 1. The highest BCUT2D eigenvalue weighted by Gasteiger charge is 2.33. The molecule has 1 aliphatic rings. The largest absolute Gasteiger partial charge is 0.442 e. The molecule has 9 heteroatoms. The van der Waals surface area contributed by atoms with Gasteiger partial charge in [0.15, 0.2) is 5.65 Å². The van der Waals surface area contributed by atoms with Crippen LogP contribution in [-0.2, 0) is 4.74 Å². The number of ether oxygens (including phenoxy) is 1. The van der Waals surface area contributed by atoms with E-state index in [0.717, 1.165) is 15.4 Å². The van der Waals surface area contributed by atoms with Gasteiger partial charge >= 0.3 is 6.09 Å². The van der Waals surface area contributed by atoms with Crippen molar-refractivity contribution in [2.45, 2.75) is 6.10 Å². The second-order valence-electron chi connectivity index (χ2n) is 5.25. The number of rotatable bonds is 2. The molecule has 0 unspecified atom stereocenters. The van der Waals surface area contributed by atoms with Gasteiger partial charge in [-0.2, -0.15) is 14.6 Å². The van der Waals surface area contributed by atoms with E-state index in [1.807, 2.05) is 17.0 Å². The van der Waals surface area contributed by atoms with Crippen LogP contribution in [0.4, 0.5) is 10.7 Å². The lowest BCUT2D eigenvalue weighted by Gasteiger charge is -2.38. The third-order valence-electron chi connectivity index (χ3n) is 3.76. The van der Waals surface area contributed by atoms with E-state index in [9.17, 15) is 4.79 Å². The minimum absolute atomic E-state index is 0.143. The Hall–Kier alpha value is -2.42. The Morgan fingerprint density at radius 1 is 1.48 bits per heavy atom. The van der Waals surface area contributed by atoms with Gasteiger partial charge in [-0.3, -0.25) is 0 Å². The maximum Gasteiger partial charge on any atom is 0.407 e. The number of carbonyl (C=O) groups is 1. The zero-order chi connectivity index (χ0) is 16.0. The number of alkyl carbamates (subject to hydrolysis) is 1. The summed E-state index contributed by atoms with van der Waals surface area (Å²) >= 11 is 3.43. The van der Waals surface area contributed by atoms with Crippen LogP contribution in [0, 0.1) is 0 Å². The number of halogens is 1.